The summed E-state index contributed by atoms with van der Waals surface area (Å²) in [6, 6.07) is 17.0. The van der Waals surface area contributed by atoms with Crippen molar-refractivity contribution >= 4 is 5.65 Å². The first kappa shape index (κ1) is 13.5. The maximum atomic E-state index is 13.1. The number of benzene rings is 2. The van der Waals surface area contributed by atoms with Crippen LogP contribution in [-0.2, 0) is 0 Å². The molecule has 0 spiro atoms. The van der Waals surface area contributed by atoms with Gasteiger partial charge in [0.05, 0.1) is 0 Å². The number of fused-ring (bicyclic) bond motifs is 1. The molecule has 0 aliphatic rings. The predicted octanol–water partition coefficient (Wildman–Crippen LogP) is 3.91. The summed E-state index contributed by atoms with van der Waals surface area (Å²) in [5.41, 5.74) is 3.31. The van der Waals surface area contributed by atoms with Gasteiger partial charge in [-0.05, 0) is 47.5 Å². The maximum Gasteiger partial charge on any atom is 0.168 e. The molecule has 0 aliphatic heterocycles. The average Bonchev–Trinajstić information content (AvgIpc) is 2.98. The van der Waals surface area contributed by atoms with Gasteiger partial charge in [-0.3, -0.25) is 4.40 Å². The lowest BCUT2D eigenvalue weighted by atomic mass is 10.1. The number of hydrogen-bond acceptors (Lipinski definition) is 3. The molecule has 2 aromatic heterocycles. The second-order valence-corrected chi connectivity index (χ2v) is 5.23. The van der Waals surface area contributed by atoms with Crippen LogP contribution in [0, 0.1) is 5.82 Å². The summed E-state index contributed by atoms with van der Waals surface area (Å²) in [6.07, 6.45) is 1.90. The molecule has 0 saturated carbocycles. The van der Waals surface area contributed by atoms with Crippen molar-refractivity contribution in [2.75, 3.05) is 0 Å². The molecule has 0 fully saturated rings. The third-order valence-corrected chi connectivity index (χ3v) is 3.68. The van der Waals surface area contributed by atoms with Crippen LogP contribution in [0.25, 0.3) is 28.2 Å². The van der Waals surface area contributed by atoms with E-state index < -0.39 is 0 Å². The largest absolute Gasteiger partial charge is 0.508 e. The highest BCUT2D eigenvalue weighted by atomic mass is 19.1. The van der Waals surface area contributed by atoms with Crippen molar-refractivity contribution < 1.29 is 9.50 Å². The Morgan fingerprint density at radius 2 is 1.61 bits per heavy atom. The minimum absolute atomic E-state index is 0.175. The summed E-state index contributed by atoms with van der Waals surface area (Å²) in [4.78, 5) is 0. The highest BCUT2D eigenvalue weighted by molar-refractivity contribution is 5.67. The number of phenolic OH excluding ortho intramolecular Hbond substituents is 1. The summed E-state index contributed by atoms with van der Waals surface area (Å²) in [6.45, 7) is 0. The number of aromatic nitrogens is 3. The third kappa shape index (κ3) is 2.42. The Bertz CT molecular complexity index is 993. The molecule has 0 radical (unpaired) electrons. The molecule has 0 atom stereocenters. The van der Waals surface area contributed by atoms with Gasteiger partial charge in [0.25, 0.3) is 0 Å². The Morgan fingerprint density at radius 1 is 0.826 bits per heavy atom. The van der Waals surface area contributed by atoms with Crippen molar-refractivity contribution in [2.45, 2.75) is 0 Å². The zero-order valence-corrected chi connectivity index (χ0v) is 12.0. The zero-order chi connectivity index (χ0) is 15.8. The molecule has 4 aromatic rings. The molecule has 4 nitrogen and oxygen atoms in total. The van der Waals surface area contributed by atoms with E-state index in [9.17, 15) is 9.50 Å². The normalized spacial score (nSPS) is 11.0. The molecule has 1 N–H and O–H groups in total. The van der Waals surface area contributed by atoms with Crippen LogP contribution in [0.2, 0.25) is 0 Å². The van der Waals surface area contributed by atoms with Crippen molar-refractivity contribution in [1.82, 2.24) is 14.6 Å². The van der Waals surface area contributed by atoms with E-state index in [-0.39, 0.29) is 11.6 Å². The lowest BCUT2D eigenvalue weighted by Crippen LogP contribution is -1.91. The average molecular weight is 305 g/mol. The van der Waals surface area contributed by atoms with E-state index in [0.717, 1.165) is 16.7 Å². The van der Waals surface area contributed by atoms with E-state index in [1.165, 1.54) is 12.1 Å². The number of halogens is 1. The molecule has 5 heteroatoms. The van der Waals surface area contributed by atoms with Crippen LogP contribution in [0.5, 0.6) is 5.75 Å². The Morgan fingerprint density at radius 3 is 2.39 bits per heavy atom. The maximum absolute atomic E-state index is 13.1. The van der Waals surface area contributed by atoms with Gasteiger partial charge in [-0.1, -0.05) is 24.3 Å². The second-order valence-electron chi connectivity index (χ2n) is 5.23. The molecule has 112 valence electrons. The molecule has 0 saturated heterocycles. The number of pyridine rings is 1. The van der Waals surface area contributed by atoms with Crippen LogP contribution in [0.4, 0.5) is 4.39 Å². The molecular formula is C18H12FN3O. The summed E-state index contributed by atoms with van der Waals surface area (Å²) in [5, 5.41) is 18.0. The SMILES string of the molecule is Oc1cccc(-c2nnc3ccc(-c4ccc(F)cc4)cn23)c1. The fourth-order valence-electron chi connectivity index (χ4n) is 2.55. The van der Waals surface area contributed by atoms with Gasteiger partial charge in [0, 0.05) is 11.8 Å². The first-order chi connectivity index (χ1) is 11.2. The van der Waals surface area contributed by atoms with Gasteiger partial charge in [0.2, 0.25) is 0 Å². The van der Waals surface area contributed by atoms with Crippen LogP contribution in [0.15, 0.2) is 66.9 Å². The lowest BCUT2D eigenvalue weighted by Gasteiger charge is -2.05. The molecular weight excluding hydrogens is 293 g/mol. The summed E-state index contributed by atoms with van der Waals surface area (Å²) >= 11 is 0. The molecule has 0 bridgehead atoms. The number of hydrogen-bond donors (Lipinski definition) is 1. The quantitative estimate of drug-likeness (QED) is 0.611. The Kier molecular flexibility index (Phi) is 3.05. The van der Waals surface area contributed by atoms with Crippen molar-refractivity contribution in [3.8, 4) is 28.3 Å². The van der Waals surface area contributed by atoms with E-state index in [0.29, 0.717) is 11.5 Å². The number of phenols is 1. The topological polar surface area (TPSA) is 50.4 Å². The smallest absolute Gasteiger partial charge is 0.168 e. The number of nitrogens with zero attached hydrogens (tertiary/aromatic N) is 3. The number of aromatic hydroxyl groups is 1. The Balaban J connectivity index is 1.88. The van der Waals surface area contributed by atoms with Gasteiger partial charge in [-0.15, -0.1) is 10.2 Å². The zero-order valence-electron chi connectivity index (χ0n) is 12.0. The molecule has 0 aliphatic carbocycles. The van der Waals surface area contributed by atoms with Crippen LogP contribution in [0.1, 0.15) is 0 Å². The molecule has 2 heterocycles. The van der Waals surface area contributed by atoms with E-state index in [2.05, 4.69) is 10.2 Å². The van der Waals surface area contributed by atoms with Crippen molar-refractivity contribution in [3.63, 3.8) is 0 Å². The highest BCUT2D eigenvalue weighted by Crippen LogP contribution is 2.25. The second kappa shape index (κ2) is 5.21. The summed E-state index contributed by atoms with van der Waals surface area (Å²) < 4.78 is 14.9. The third-order valence-electron chi connectivity index (χ3n) is 3.68. The predicted molar refractivity (Wildman–Crippen MR) is 85.5 cm³/mol. The van der Waals surface area contributed by atoms with E-state index in [1.54, 1.807) is 30.3 Å². The van der Waals surface area contributed by atoms with Gasteiger partial charge < -0.3 is 5.11 Å². The van der Waals surface area contributed by atoms with Crippen LogP contribution >= 0.6 is 0 Å². The molecule has 4 rings (SSSR count). The Hall–Kier alpha value is -3.21. The monoisotopic (exact) mass is 305 g/mol. The first-order valence-corrected chi connectivity index (χ1v) is 7.11. The van der Waals surface area contributed by atoms with Crippen LogP contribution in [-0.4, -0.2) is 19.7 Å². The highest BCUT2D eigenvalue weighted by Gasteiger charge is 2.10. The van der Waals surface area contributed by atoms with Crippen molar-refractivity contribution in [2.24, 2.45) is 0 Å². The fourth-order valence-corrected chi connectivity index (χ4v) is 2.55. The van der Waals surface area contributed by atoms with Crippen LogP contribution < -0.4 is 0 Å². The lowest BCUT2D eigenvalue weighted by molar-refractivity contribution is 0.475. The van der Waals surface area contributed by atoms with Crippen molar-refractivity contribution in [3.05, 3.63) is 72.7 Å². The summed E-state index contributed by atoms with van der Waals surface area (Å²) in [7, 11) is 0. The molecule has 0 amide bonds. The minimum Gasteiger partial charge on any atom is -0.508 e. The van der Waals surface area contributed by atoms with Crippen LogP contribution in [0.3, 0.4) is 0 Å². The van der Waals surface area contributed by atoms with E-state index in [1.807, 2.05) is 28.8 Å². The molecule has 0 unspecified atom stereocenters. The minimum atomic E-state index is -0.264. The van der Waals surface area contributed by atoms with Gasteiger partial charge in [-0.2, -0.15) is 0 Å². The van der Waals surface area contributed by atoms with Gasteiger partial charge in [-0.25, -0.2) is 4.39 Å². The van der Waals surface area contributed by atoms with Gasteiger partial charge in [0.1, 0.15) is 11.6 Å². The number of rotatable bonds is 2. The van der Waals surface area contributed by atoms with E-state index >= 15 is 0 Å². The van der Waals surface area contributed by atoms with Crippen molar-refractivity contribution in [1.29, 1.82) is 0 Å². The molecule has 2 aromatic carbocycles. The first-order valence-electron chi connectivity index (χ1n) is 7.11. The Labute approximate surface area is 131 Å². The standard InChI is InChI=1S/C18H12FN3O/c19-15-7-4-12(5-8-15)14-6-9-17-20-21-18(22(17)11-14)13-2-1-3-16(23)10-13/h1-11,23H. The van der Waals surface area contributed by atoms with Gasteiger partial charge in [0.15, 0.2) is 11.5 Å². The summed E-state index contributed by atoms with van der Waals surface area (Å²) in [5.74, 6) is 0.549. The molecule has 23 heavy (non-hydrogen) atoms. The van der Waals surface area contributed by atoms with E-state index in [4.69, 9.17) is 0 Å². The fraction of sp³-hybridized carbons (Fsp3) is 0. The van der Waals surface area contributed by atoms with Gasteiger partial charge >= 0.3 is 0 Å².